The maximum Gasteiger partial charge on any atom is 0.306 e. The van der Waals surface area contributed by atoms with Crippen molar-refractivity contribution < 1.29 is 9.90 Å². The second kappa shape index (κ2) is 7.17. The van der Waals surface area contributed by atoms with Gasteiger partial charge in [-0.25, -0.2) is 0 Å². The molecule has 1 aromatic carbocycles. The molecule has 0 spiro atoms. The Morgan fingerprint density at radius 3 is 2.69 bits per heavy atom. The summed E-state index contributed by atoms with van der Waals surface area (Å²) in [5.74, 6) is -0.890. The summed E-state index contributed by atoms with van der Waals surface area (Å²) in [6.45, 7) is 3.68. The lowest BCUT2D eigenvalue weighted by Crippen LogP contribution is -2.39. The summed E-state index contributed by atoms with van der Waals surface area (Å²) in [4.78, 5) is 19.9. The molecule has 1 aliphatic rings. The van der Waals surface area contributed by atoms with Crippen molar-refractivity contribution in [3.63, 3.8) is 0 Å². The predicted molar refractivity (Wildman–Crippen MR) is 105 cm³/mol. The van der Waals surface area contributed by atoms with Crippen LogP contribution in [-0.4, -0.2) is 34.0 Å². The van der Waals surface area contributed by atoms with Crippen LogP contribution >= 0.6 is 11.3 Å². The Kier molecular flexibility index (Phi) is 4.74. The van der Waals surface area contributed by atoms with E-state index in [1.807, 2.05) is 18.2 Å². The molecule has 0 bridgehead atoms. The fourth-order valence-corrected chi connectivity index (χ4v) is 4.79. The van der Waals surface area contributed by atoms with Gasteiger partial charge in [-0.2, -0.15) is 0 Å². The summed E-state index contributed by atoms with van der Waals surface area (Å²) < 4.78 is 0. The molecule has 134 valence electrons. The summed E-state index contributed by atoms with van der Waals surface area (Å²) in [5, 5.41) is 12.6. The van der Waals surface area contributed by atoms with Crippen LogP contribution in [0.2, 0.25) is 0 Å². The van der Waals surface area contributed by atoms with Gasteiger partial charge in [0.25, 0.3) is 0 Å². The largest absolute Gasteiger partial charge is 0.481 e. The SMILES string of the molecule is Cc1csc(C(c2ccc3ccccc3n2)N2CCC(C(=O)O)CC2)c1. The molecule has 0 saturated carbocycles. The number of likely N-dealkylation sites (tertiary alicyclic amines) is 1. The molecule has 1 unspecified atom stereocenters. The van der Waals surface area contributed by atoms with Gasteiger partial charge in [0.05, 0.1) is 23.2 Å². The normalized spacial score (nSPS) is 17.4. The Bertz CT molecular complexity index is 928. The van der Waals surface area contributed by atoms with Crippen molar-refractivity contribution in [1.29, 1.82) is 0 Å². The highest BCUT2D eigenvalue weighted by Gasteiger charge is 2.31. The van der Waals surface area contributed by atoms with Gasteiger partial charge in [0, 0.05) is 10.3 Å². The Balaban J connectivity index is 1.70. The van der Waals surface area contributed by atoms with Crippen molar-refractivity contribution in [3.8, 4) is 0 Å². The summed E-state index contributed by atoms with van der Waals surface area (Å²) in [5.41, 5.74) is 3.30. The molecule has 0 aliphatic carbocycles. The maximum atomic E-state index is 11.3. The molecular weight excluding hydrogens is 344 g/mol. The number of pyridine rings is 1. The van der Waals surface area contributed by atoms with Crippen molar-refractivity contribution in [3.05, 3.63) is 64.0 Å². The Morgan fingerprint density at radius 1 is 1.23 bits per heavy atom. The van der Waals surface area contributed by atoms with Gasteiger partial charge < -0.3 is 5.11 Å². The summed E-state index contributed by atoms with van der Waals surface area (Å²) in [7, 11) is 0. The van der Waals surface area contributed by atoms with E-state index < -0.39 is 5.97 Å². The van der Waals surface area contributed by atoms with Gasteiger partial charge in [-0.3, -0.25) is 14.7 Å². The third-order valence-corrected chi connectivity index (χ3v) is 6.27. The minimum Gasteiger partial charge on any atom is -0.481 e. The topological polar surface area (TPSA) is 53.4 Å². The highest BCUT2D eigenvalue weighted by molar-refractivity contribution is 7.10. The number of rotatable bonds is 4. The van der Waals surface area contributed by atoms with E-state index in [1.54, 1.807) is 11.3 Å². The average Bonchev–Trinajstić information content (AvgIpc) is 3.08. The lowest BCUT2D eigenvalue weighted by Gasteiger charge is -2.36. The third kappa shape index (κ3) is 3.37. The van der Waals surface area contributed by atoms with E-state index in [0.29, 0.717) is 12.8 Å². The molecule has 1 atom stereocenters. The number of benzene rings is 1. The predicted octanol–water partition coefficient (Wildman–Crippen LogP) is 4.49. The van der Waals surface area contributed by atoms with Crippen LogP contribution in [0.5, 0.6) is 0 Å². The van der Waals surface area contributed by atoms with Crippen LogP contribution in [0, 0.1) is 12.8 Å². The first-order valence-corrected chi connectivity index (χ1v) is 9.87. The number of carbonyl (C=O) groups is 1. The van der Waals surface area contributed by atoms with Crippen molar-refractivity contribution in [2.24, 2.45) is 5.92 Å². The highest BCUT2D eigenvalue weighted by Crippen LogP contribution is 2.35. The number of para-hydroxylation sites is 1. The smallest absolute Gasteiger partial charge is 0.306 e. The van der Waals surface area contributed by atoms with Crippen LogP contribution in [0.15, 0.2) is 47.8 Å². The number of nitrogens with zero attached hydrogens (tertiary/aromatic N) is 2. The molecule has 0 amide bonds. The second-order valence-electron chi connectivity index (χ2n) is 7.01. The second-order valence-corrected chi connectivity index (χ2v) is 7.95. The zero-order valence-corrected chi connectivity index (χ0v) is 15.6. The van der Waals surface area contributed by atoms with Crippen LogP contribution in [0.3, 0.4) is 0 Å². The number of carboxylic acid groups (broad SMARTS) is 1. The first-order valence-electron chi connectivity index (χ1n) is 8.99. The van der Waals surface area contributed by atoms with Crippen molar-refractivity contribution in [1.82, 2.24) is 9.88 Å². The number of fused-ring (bicyclic) bond motifs is 1. The Morgan fingerprint density at radius 2 is 2.00 bits per heavy atom. The Hall–Kier alpha value is -2.24. The molecule has 3 aromatic rings. The molecule has 0 radical (unpaired) electrons. The molecule has 1 fully saturated rings. The zero-order chi connectivity index (χ0) is 18.1. The third-order valence-electron chi connectivity index (χ3n) is 5.16. The minimum atomic E-state index is -0.669. The van der Waals surface area contributed by atoms with Crippen LogP contribution in [0.4, 0.5) is 0 Å². The van der Waals surface area contributed by atoms with Crippen LogP contribution in [0.1, 0.15) is 35.0 Å². The van der Waals surface area contributed by atoms with E-state index >= 15 is 0 Å². The number of hydrogen-bond acceptors (Lipinski definition) is 4. The minimum absolute atomic E-state index is 0.0908. The fourth-order valence-electron chi connectivity index (χ4n) is 3.75. The zero-order valence-electron chi connectivity index (χ0n) is 14.8. The molecule has 4 nitrogen and oxygen atoms in total. The number of carboxylic acids is 1. The van der Waals surface area contributed by atoms with E-state index in [-0.39, 0.29) is 12.0 Å². The quantitative estimate of drug-likeness (QED) is 0.739. The molecular formula is C21H22N2O2S. The molecule has 1 saturated heterocycles. The van der Waals surface area contributed by atoms with Gasteiger partial charge in [0.1, 0.15) is 0 Å². The van der Waals surface area contributed by atoms with Crippen LogP contribution in [-0.2, 0) is 4.79 Å². The van der Waals surface area contributed by atoms with Gasteiger partial charge in [0.15, 0.2) is 0 Å². The number of thiophene rings is 1. The van der Waals surface area contributed by atoms with Crippen molar-refractivity contribution in [2.75, 3.05) is 13.1 Å². The first-order chi connectivity index (χ1) is 12.6. The first kappa shape index (κ1) is 17.2. The monoisotopic (exact) mass is 366 g/mol. The standard InChI is InChI=1S/C21H22N2O2S/c1-14-12-19(26-13-14)20(23-10-8-16(9-11-23)21(24)25)18-7-6-15-4-2-3-5-17(15)22-18/h2-7,12-13,16,20H,8-11H2,1H3,(H,24,25). The van der Waals surface area contributed by atoms with Gasteiger partial charge in [-0.15, -0.1) is 11.3 Å². The van der Waals surface area contributed by atoms with Gasteiger partial charge in [-0.1, -0.05) is 24.3 Å². The van der Waals surface area contributed by atoms with E-state index in [0.717, 1.165) is 29.7 Å². The number of aliphatic carboxylic acids is 1. The lowest BCUT2D eigenvalue weighted by molar-refractivity contribution is -0.143. The molecule has 2 aromatic heterocycles. The molecule has 3 heterocycles. The molecule has 5 heteroatoms. The average molecular weight is 366 g/mol. The van der Waals surface area contributed by atoms with E-state index in [9.17, 15) is 9.90 Å². The van der Waals surface area contributed by atoms with Gasteiger partial charge >= 0.3 is 5.97 Å². The molecule has 1 N–H and O–H groups in total. The number of piperidine rings is 1. The summed E-state index contributed by atoms with van der Waals surface area (Å²) >= 11 is 1.76. The lowest BCUT2D eigenvalue weighted by atomic mass is 9.94. The van der Waals surface area contributed by atoms with Crippen molar-refractivity contribution in [2.45, 2.75) is 25.8 Å². The van der Waals surface area contributed by atoms with E-state index in [1.165, 1.54) is 10.4 Å². The highest BCUT2D eigenvalue weighted by atomic mass is 32.1. The summed E-state index contributed by atoms with van der Waals surface area (Å²) in [6.07, 6.45) is 1.40. The number of hydrogen-bond donors (Lipinski definition) is 1. The van der Waals surface area contributed by atoms with E-state index in [2.05, 4.69) is 41.5 Å². The number of aromatic nitrogens is 1. The van der Waals surface area contributed by atoms with Crippen molar-refractivity contribution >= 4 is 28.2 Å². The Labute approximate surface area is 157 Å². The van der Waals surface area contributed by atoms with Gasteiger partial charge in [-0.05, 0) is 62.0 Å². The van der Waals surface area contributed by atoms with Crippen LogP contribution in [0.25, 0.3) is 10.9 Å². The van der Waals surface area contributed by atoms with E-state index in [4.69, 9.17) is 4.98 Å². The maximum absolute atomic E-state index is 11.3. The fraction of sp³-hybridized carbons (Fsp3) is 0.333. The molecule has 4 rings (SSSR count). The molecule has 26 heavy (non-hydrogen) atoms. The number of aryl methyl sites for hydroxylation is 1. The van der Waals surface area contributed by atoms with Gasteiger partial charge in [0.2, 0.25) is 0 Å². The summed E-state index contributed by atoms with van der Waals surface area (Å²) in [6, 6.07) is 14.7. The molecule has 1 aliphatic heterocycles. The van der Waals surface area contributed by atoms with Crippen LogP contribution < -0.4 is 0 Å².